The minimum absolute atomic E-state index is 0. The van der Waals surface area contributed by atoms with E-state index in [4.69, 9.17) is 0 Å². The van der Waals surface area contributed by atoms with Crippen molar-refractivity contribution in [3.63, 3.8) is 0 Å². The van der Waals surface area contributed by atoms with Gasteiger partial charge in [0, 0.05) is 4.47 Å². The third kappa shape index (κ3) is 2.50. The second-order valence-electron chi connectivity index (χ2n) is 4.03. The van der Waals surface area contributed by atoms with Crippen LogP contribution in [0.5, 0.6) is 0 Å². The van der Waals surface area contributed by atoms with Gasteiger partial charge in [-0.25, -0.2) is 0 Å². The second-order valence-corrected chi connectivity index (χ2v) is 4.95. The van der Waals surface area contributed by atoms with E-state index in [1.807, 2.05) is 0 Å². The standard InChI is InChI=1S/C16H11Br.BrH/c17-14-10-8-13(9-11-14)16-7-3-5-12-4-1-2-6-15(12)16;/h1-11H;1H. The van der Waals surface area contributed by atoms with Gasteiger partial charge in [0.2, 0.25) is 0 Å². The van der Waals surface area contributed by atoms with Gasteiger partial charge in [-0.15, -0.1) is 17.0 Å². The van der Waals surface area contributed by atoms with Gasteiger partial charge >= 0.3 is 0 Å². The first-order valence-corrected chi connectivity index (χ1v) is 6.37. The third-order valence-electron chi connectivity index (χ3n) is 2.94. The van der Waals surface area contributed by atoms with Crippen LogP contribution in [0.2, 0.25) is 0 Å². The van der Waals surface area contributed by atoms with Crippen molar-refractivity contribution in [2.24, 2.45) is 0 Å². The predicted octanol–water partition coefficient (Wildman–Crippen LogP) is 5.85. The lowest BCUT2D eigenvalue weighted by Gasteiger charge is -2.06. The molecule has 0 nitrogen and oxygen atoms in total. The summed E-state index contributed by atoms with van der Waals surface area (Å²) >= 11 is 3.47. The fourth-order valence-electron chi connectivity index (χ4n) is 2.11. The average Bonchev–Trinajstić information content (AvgIpc) is 2.39. The average molecular weight is 364 g/mol. The lowest BCUT2D eigenvalue weighted by molar-refractivity contribution is 1.62. The molecule has 0 aliphatic carbocycles. The van der Waals surface area contributed by atoms with Crippen LogP contribution in [-0.2, 0) is 0 Å². The first kappa shape index (κ1) is 13.3. The Balaban J connectivity index is 0.00000120. The summed E-state index contributed by atoms with van der Waals surface area (Å²) in [6.45, 7) is 0. The van der Waals surface area contributed by atoms with Gasteiger partial charge in [0.15, 0.2) is 0 Å². The maximum absolute atomic E-state index is 3.47. The van der Waals surface area contributed by atoms with E-state index in [1.54, 1.807) is 0 Å². The molecule has 18 heavy (non-hydrogen) atoms. The van der Waals surface area contributed by atoms with Crippen LogP contribution < -0.4 is 0 Å². The zero-order valence-corrected chi connectivity index (χ0v) is 12.9. The van der Waals surface area contributed by atoms with Crippen LogP contribution >= 0.6 is 32.9 Å². The van der Waals surface area contributed by atoms with Gasteiger partial charge in [0.05, 0.1) is 0 Å². The SMILES string of the molecule is Br.Brc1ccc(-c2cccc3ccccc23)cc1. The molecule has 0 N–H and O–H groups in total. The highest BCUT2D eigenvalue weighted by Crippen LogP contribution is 2.29. The molecule has 0 saturated heterocycles. The van der Waals surface area contributed by atoms with Gasteiger partial charge in [-0.3, -0.25) is 0 Å². The van der Waals surface area contributed by atoms with Crippen LogP contribution in [-0.4, -0.2) is 0 Å². The number of fused-ring (bicyclic) bond motifs is 1. The molecular formula is C16H12Br2. The van der Waals surface area contributed by atoms with Crippen molar-refractivity contribution in [1.82, 2.24) is 0 Å². The highest BCUT2D eigenvalue weighted by Gasteiger charge is 2.02. The van der Waals surface area contributed by atoms with Gasteiger partial charge in [-0.2, -0.15) is 0 Å². The summed E-state index contributed by atoms with van der Waals surface area (Å²) < 4.78 is 1.11. The fourth-order valence-corrected chi connectivity index (χ4v) is 2.37. The summed E-state index contributed by atoms with van der Waals surface area (Å²) in [6, 6.07) is 23.4. The number of hydrogen-bond acceptors (Lipinski definition) is 0. The quantitative estimate of drug-likeness (QED) is 0.508. The zero-order valence-electron chi connectivity index (χ0n) is 9.64. The minimum Gasteiger partial charge on any atom is -0.114 e. The molecule has 3 rings (SSSR count). The predicted molar refractivity (Wildman–Crippen MR) is 87.4 cm³/mol. The number of benzene rings is 3. The second kappa shape index (κ2) is 5.68. The largest absolute Gasteiger partial charge is 0.114 e. The van der Waals surface area contributed by atoms with Crippen LogP contribution in [0.25, 0.3) is 21.9 Å². The van der Waals surface area contributed by atoms with Gasteiger partial charge in [-0.05, 0) is 34.0 Å². The molecule has 3 aromatic rings. The Hall–Kier alpha value is -1.12. The molecule has 0 spiro atoms. The minimum atomic E-state index is 0. The number of rotatable bonds is 1. The lowest BCUT2D eigenvalue weighted by atomic mass is 9.98. The fraction of sp³-hybridized carbons (Fsp3) is 0. The monoisotopic (exact) mass is 362 g/mol. The van der Waals surface area contributed by atoms with Crippen molar-refractivity contribution in [3.8, 4) is 11.1 Å². The first-order chi connectivity index (χ1) is 8.34. The molecule has 2 heteroatoms. The molecule has 0 amide bonds. The maximum Gasteiger partial charge on any atom is 0.0175 e. The highest BCUT2D eigenvalue weighted by molar-refractivity contribution is 9.10. The Kier molecular flexibility index (Phi) is 4.20. The third-order valence-corrected chi connectivity index (χ3v) is 3.47. The maximum atomic E-state index is 3.47. The zero-order chi connectivity index (χ0) is 11.7. The molecule has 0 radical (unpaired) electrons. The molecule has 0 aromatic heterocycles. The number of hydrogen-bond donors (Lipinski definition) is 0. The molecule has 0 heterocycles. The Morgan fingerprint density at radius 1 is 0.667 bits per heavy atom. The van der Waals surface area contributed by atoms with E-state index < -0.39 is 0 Å². The normalized spacial score (nSPS) is 10.1. The van der Waals surface area contributed by atoms with Crippen molar-refractivity contribution in [2.75, 3.05) is 0 Å². The van der Waals surface area contributed by atoms with Crippen molar-refractivity contribution in [2.45, 2.75) is 0 Å². The molecule has 3 aromatic carbocycles. The van der Waals surface area contributed by atoms with Crippen LogP contribution in [0.4, 0.5) is 0 Å². The summed E-state index contributed by atoms with van der Waals surface area (Å²) in [5.74, 6) is 0. The molecular weight excluding hydrogens is 352 g/mol. The van der Waals surface area contributed by atoms with Gasteiger partial charge in [-0.1, -0.05) is 70.5 Å². The smallest absolute Gasteiger partial charge is 0.0175 e. The summed E-state index contributed by atoms with van der Waals surface area (Å²) in [7, 11) is 0. The molecule has 0 unspecified atom stereocenters. The number of halogens is 2. The van der Waals surface area contributed by atoms with Gasteiger partial charge in [0.25, 0.3) is 0 Å². The van der Waals surface area contributed by atoms with Crippen LogP contribution in [0.15, 0.2) is 71.2 Å². The molecule has 0 atom stereocenters. The van der Waals surface area contributed by atoms with E-state index in [0.29, 0.717) is 0 Å². The van der Waals surface area contributed by atoms with E-state index >= 15 is 0 Å². The van der Waals surface area contributed by atoms with Crippen LogP contribution in [0.1, 0.15) is 0 Å². The summed E-state index contributed by atoms with van der Waals surface area (Å²) in [4.78, 5) is 0. The summed E-state index contributed by atoms with van der Waals surface area (Å²) in [5, 5.41) is 2.59. The van der Waals surface area contributed by atoms with Crippen molar-refractivity contribution in [3.05, 3.63) is 71.2 Å². The van der Waals surface area contributed by atoms with Crippen molar-refractivity contribution >= 4 is 43.7 Å². The van der Waals surface area contributed by atoms with Crippen molar-refractivity contribution < 1.29 is 0 Å². The van der Waals surface area contributed by atoms with Crippen LogP contribution in [0.3, 0.4) is 0 Å². The van der Waals surface area contributed by atoms with E-state index in [9.17, 15) is 0 Å². The van der Waals surface area contributed by atoms with E-state index in [0.717, 1.165) is 4.47 Å². The molecule has 0 aliphatic heterocycles. The topological polar surface area (TPSA) is 0 Å². The molecule has 90 valence electrons. The Morgan fingerprint density at radius 2 is 1.33 bits per heavy atom. The Labute approximate surface area is 126 Å². The van der Waals surface area contributed by atoms with Gasteiger partial charge < -0.3 is 0 Å². The lowest BCUT2D eigenvalue weighted by Crippen LogP contribution is -1.80. The Morgan fingerprint density at radius 3 is 2.11 bits per heavy atom. The van der Waals surface area contributed by atoms with E-state index in [1.165, 1.54) is 21.9 Å². The molecule has 0 fully saturated rings. The van der Waals surface area contributed by atoms with E-state index in [2.05, 4.69) is 82.7 Å². The molecule has 0 saturated carbocycles. The van der Waals surface area contributed by atoms with Crippen molar-refractivity contribution in [1.29, 1.82) is 0 Å². The molecule has 0 aliphatic rings. The summed E-state index contributed by atoms with van der Waals surface area (Å²) in [5.41, 5.74) is 2.54. The Bertz CT molecular complexity index is 652. The van der Waals surface area contributed by atoms with Gasteiger partial charge in [0.1, 0.15) is 0 Å². The molecule has 0 bridgehead atoms. The van der Waals surface area contributed by atoms with Crippen LogP contribution in [0, 0.1) is 0 Å². The summed E-state index contributed by atoms with van der Waals surface area (Å²) in [6.07, 6.45) is 0. The first-order valence-electron chi connectivity index (χ1n) is 5.58. The highest BCUT2D eigenvalue weighted by atomic mass is 79.9. The van der Waals surface area contributed by atoms with E-state index in [-0.39, 0.29) is 17.0 Å².